The molecule has 3 nitrogen and oxygen atoms in total. The van der Waals surface area contributed by atoms with Crippen molar-refractivity contribution in [1.82, 2.24) is 4.90 Å². The SMILES string of the molecule is Cc1cccc(C(=O)N(C)Cc2ccc(C#N)cc2)c1. The van der Waals surface area contributed by atoms with Crippen molar-refractivity contribution in [3.05, 3.63) is 70.8 Å². The first-order valence-electron chi connectivity index (χ1n) is 6.41. The number of nitrogens with zero attached hydrogens (tertiary/aromatic N) is 2. The molecule has 0 aromatic heterocycles. The van der Waals surface area contributed by atoms with E-state index in [1.165, 1.54) is 0 Å². The lowest BCUT2D eigenvalue weighted by Crippen LogP contribution is -2.26. The Hall–Kier alpha value is -2.60. The Labute approximate surface area is 119 Å². The smallest absolute Gasteiger partial charge is 0.253 e. The summed E-state index contributed by atoms with van der Waals surface area (Å²) in [6.07, 6.45) is 0. The van der Waals surface area contributed by atoms with Crippen LogP contribution in [0.15, 0.2) is 48.5 Å². The summed E-state index contributed by atoms with van der Waals surface area (Å²) in [4.78, 5) is 14.0. The number of nitriles is 1. The Morgan fingerprint density at radius 2 is 1.90 bits per heavy atom. The minimum Gasteiger partial charge on any atom is -0.337 e. The maximum Gasteiger partial charge on any atom is 0.253 e. The minimum absolute atomic E-state index is 0.00180. The monoisotopic (exact) mass is 264 g/mol. The third kappa shape index (κ3) is 3.24. The topological polar surface area (TPSA) is 44.1 Å². The molecule has 0 aliphatic rings. The van der Waals surface area contributed by atoms with Gasteiger partial charge in [-0.2, -0.15) is 5.26 Å². The molecule has 0 aliphatic heterocycles. The minimum atomic E-state index is -0.00180. The number of carbonyl (C=O) groups excluding carboxylic acids is 1. The number of aryl methyl sites for hydroxylation is 1. The third-order valence-corrected chi connectivity index (χ3v) is 3.11. The zero-order chi connectivity index (χ0) is 14.5. The van der Waals surface area contributed by atoms with Gasteiger partial charge in [-0.1, -0.05) is 29.8 Å². The molecule has 0 N–H and O–H groups in total. The van der Waals surface area contributed by atoms with E-state index in [4.69, 9.17) is 5.26 Å². The second kappa shape index (κ2) is 6.03. The van der Waals surface area contributed by atoms with Crippen LogP contribution in [0.3, 0.4) is 0 Å². The van der Waals surface area contributed by atoms with Crippen molar-refractivity contribution in [2.24, 2.45) is 0 Å². The molecule has 1 amide bonds. The summed E-state index contributed by atoms with van der Waals surface area (Å²) in [6, 6.07) is 16.9. The zero-order valence-electron chi connectivity index (χ0n) is 11.6. The van der Waals surface area contributed by atoms with Crippen LogP contribution in [0.5, 0.6) is 0 Å². The molecule has 0 aliphatic carbocycles. The molecule has 0 fully saturated rings. The van der Waals surface area contributed by atoms with Crippen molar-refractivity contribution < 1.29 is 4.79 Å². The summed E-state index contributed by atoms with van der Waals surface area (Å²) in [7, 11) is 1.78. The highest BCUT2D eigenvalue weighted by Crippen LogP contribution is 2.11. The molecule has 0 radical (unpaired) electrons. The van der Waals surface area contributed by atoms with Crippen molar-refractivity contribution in [3.63, 3.8) is 0 Å². The van der Waals surface area contributed by atoms with Gasteiger partial charge in [0.2, 0.25) is 0 Å². The van der Waals surface area contributed by atoms with E-state index < -0.39 is 0 Å². The van der Waals surface area contributed by atoms with Gasteiger partial charge in [0.15, 0.2) is 0 Å². The van der Waals surface area contributed by atoms with Crippen molar-refractivity contribution in [1.29, 1.82) is 5.26 Å². The van der Waals surface area contributed by atoms with Crippen LogP contribution in [-0.4, -0.2) is 17.9 Å². The van der Waals surface area contributed by atoms with Crippen LogP contribution < -0.4 is 0 Å². The van der Waals surface area contributed by atoms with Crippen LogP contribution >= 0.6 is 0 Å². The molecule has 2 rings (SSSR count). The van der Waals surface area contributed by atoms with E-state index in [0.717, 1.165) is 11.1 Å². The molecule has 2 aromatic rings. The Balaban J connectivity index is 2.09. The molecule has 0 unspecified atom stereocenters. The van der Waals surface area contributed by atoms with E-state index in [2.05, 4.69) is 6.07 Å². The lowest BCUT2D eigenvalue weighted by molar-refractivity contribution is 0.0785. The van der Waals surface area contributed by atoms with Gasteiger partial charge in [-0.25, -0.2) is 0 Å². The standard InChI is InChI=1S/C17H16N2O/c1-13-4-3-5-16(10-13)17(20)19(2)12-15-8-6-14(11-18)7-9-15/h3-10H,12H2,1-2H3. The summed E-state index contributed by atoms with van der Waals surface area (Å²) in [5.41, 5.74) is 3.40. The second-order valence-corrected chi connectivity index (χ2v) is 4.84. The van der Waals surface area contributed by atoms with Crippen LogP contribution in [0.2, 0.25) is 0 Å². The number of benzene rings is 2. The van der Waals surface area contributed by atoms with E-state index in [-0.39, 0.29) is 5.91 Å². The lowest BCUT2D eigenvalue weighted by atomic mass is 10.1. The zero-order valence-corrected chi connectivity index (χ0v) is 11.6. The molecule has 0 spiro atoms. The number of amides is 1. The summed E-state index contributed by atoms with van der Waals surface area (Å²) >= 11 is 0. The summed E-state index contributed by atoms with van der Waals surface area (Å²) in [6.45, 7) is 2.50. The molecule has 0 bridgehead atoms. The second-order valence-electron chi connectivity index (χ2n) is 4.84. The average Bonchev–Trinajstić information content (AvgIpc) is 2.47. The Morgan fingerprint density at radius 1 is 1.20 bits per heavy atom. The Bertz CT molecular complexity index is 653. The Morgan fingerprint density at radius 3 is 2.50 bits per heavy atom. The molecule has 0 saturated heterocycles. The summed E-state index contributed by atoms with van der Waals surface area (Å²) in [5, 5.41) is 8.76. The fourth-order valence-corrected chi connectivity index (χ4v) is 2.03. The highest BCUT2D eigenvalue weighted by molar-refractivity contribution is 5.94. The van der Waals surface area contributed by atoms with Gasteiger partial charge in [0.1, 0.15) is 0 Å². The quantitative estimate of drug-likeness (QED) is 0.854. The normalized spacial score (nSPS) is 9.85. The van der Waals surface area contributed by atoms with Crippen molar-refractivity contribution in [3.8, 4) is 6.07 Å². The number of carbonyl (C=O) groups is 1. The predicted octanol–water partition coefficient (Wildman–Crippen LogP) is 3.14. The van der Waals surface area contributed by atoms with Crippen molar-refractivity contribution in [2.45, 2.75) is 13.5 Å². The molecule has 100 valence electrons. The van der Waals surface area contributed by atoms with Gasteiger partial charge in [0.05, 0.1) is 11.6 Å². The summed E-state index contributed by atoms with van der Waals surface area (Å²) in [5.74, 6) is -0.00180. The first-order valence-corrected chi connectivity index (χ1v) is 6.41. The molecule has 2 aromatic carbocycles. The first-order chi connectivity index (χ1) is 9.60. The van der Waals surface area contributed by atoms with Crippen LogP contribution in [0, 0.1) is 18.3 Å². The molecule has 0 saturated carbocycles. The molecule has 3 heteroatoms. The van der Waals surface area contributed by atoms with Crippen molar-refractivity contribution in [2.75, 3.05) is 7.05 Å². The van der Waals surface area contributed by atoms with Crippen molar-refractivity contribution >= 4 is 5.91 Å². The average molecular weight is 264 g/mol. The van der Waals surface area contributed by atoms with Gasteiger partial charge >= 0.3 is 0 Å². The molecule has 0 atom stereocenters. The van der Waals surface area contributed by atoms with Gasteiger partial charge in [-0.3, -0.25) is 4.79 Å². The summed E-state index contributed by atoms with van der Waals surface area (Å²) < 4.78 is 0. The highest BCUT2D eigenvalue weighted by Gasteiger charge is 2.11. The van der Waals surface area contributed by atoms with Crippen LogP contribution in [0.1, 0.15) is 27.0 Å². The molecular weight excluding hydrogens is 248 g/mol. The largest absolute Gasteiger partial charge is 0.337 e. The molecule has 0 heterocycles. The first kappa shape index (κ1) is 13.8. The predicted molar refractivity (Wildman–Crippen MR) is 78.1 cm³/mol. The molecule has 20 heavy (non-hydrogen) atoms. The maximum atomic E-state index is 12.3. The van der Waals surface area contributed by atoms with Crippen LogP contribution in [0.25, 0.3) is 0 Å². The van der Waals surface area contributed by atoms with E-state index in [9.17, 15) is 4.79 Å². The van der Waals surface area contributed by atoms with Crippen LogP contribution in [0.4, 0.5) is 0 Å². The van der Waals surface area contributed by atoms with Gasteiger partial charge < -0.3 is 4.90 Å². The van der Waals surface area contributed by atoms with E-state index in [1.807, 2.05) is 43.3 Å². The van der Waals surface area contributed by atoms with Gasteiger partial charge in [0, 0.05) is 19.2 Å². The number of rotatable bonds is 3. The van der Waals surface area contributed by atoms with E-state index in [0.29, 0.717) is 17.7 Å². The lowest BCUT2D eigenvalue weighted by Gasteiger charge is -2.17. The van der Waals surface area contributed by atoms with Gasteiger partial charge in [-0.15, -0.1) is 0 Å². The number of hydrogen-bond acceptors (Lipinski definition) is 2. The maximum absolute atomic E-state index is 12.3. The molecular formula is C17H16N2O. The number of hydrogen-bond donors (Lipinski definition) is 0. The van der Waals surface area contributed by atoms with E-state index >= 15 is 0 Å². The third-order valence-electron chi connectivity index (χ3n) is 3.11. The highest BCUT2D eigenvalue weighted by atomic mass is 16.2. The fraction of sp³-hybridized carbons (Fsp3) is 0.176. The Kier molecular flexibility index (Phi) is 4.17. The van der Waals surface area contributed by atoms with Gasteiger partial charge in [0.25, 0.3) is 5.91 Å². The van der Waals surface area contributed by atoms with Gasteiger partial charge in [-0.05, 0) is 36.8 Å². The van der Waals surface area contributed by atoms with Crippen LogP contribution in [-0.2, 0) is 6.54 Å². The fourth-order valence-electron chi connectivity index (χ4n) is 2.03. The van der Waals surface area contributed by atoms with E-state index in [1.54, 1.807) is 24.1 Å².